The molecule has 0 radical (unpaired) electrons. The summed E-state index contributed by atoms with van der Waals surface area (Å²) < 4.78 is 23.7. The van der Waals surface area contributed by atoms with Crippen LogP contribution in [0.2, 0.25) is 0 Å². The Kier molecular flexibility index (Phi) is 50.7. The Hall–Kier alpha value is -1.28. The molecule has 0 aliphatic heterocycles. The molecule has 8 nitrogen and oxygen atoms in total. The molecule has 0 aromatic carbocycles. The van der Waals surface area contributed by atoms with Crippen LogP contribution in [-0.2, 0) is 18.4 Å². The highest BCUT2D eigenvalue weighted by atomic mass is 31.2. The Balaban J connectivity index is 4.07. The first kappa shape index (κ1) is 67.7. The number of carbonyl (C=O) groups excluding carboxylic acids is 1. The average molecular weight is 995 g/mol. The minimum absolute atomic E-state index is 0.0588. The molecule has 9 heteroatoms. The second-order valence-corrected chi connectivity index (χ2v) is 23.2. The van der Waals surface area contributed by atoms with Crippen LogP contribution in [0.4, 0.5) is 0 Å². The van der Waals surface area contributed by atoms with Gasteiger partial charge >= 0.3 is 7.82 Å². The van der Waals surface area contributed by atoms with Crippen LogP contribution in [0.3, 0.4) is 0 Å². The number of hydrogen-bond donors (Lipinski definition) is 3. The fourth-order valence-electron chi connectivity index (χ4n) is 8.90. The Labute approximate surface area is 429 Å². The van der Waals surface area contributed by atoms with E-state index in [1.807, 2.05) is 27.2 Å². The topological polar surface area (TPSA) is 105 Å². The lowest BCUT2D eigenvalue weighted by atomic mass is 10.0. The predicted molar refractivity (Wildman–Crippen MR) is 300 cm³/mol. The highest BCUT2D eigenvalue weighted by Crippen LogP contribution is 2.43. The Bertz CT molecular complexity index is 1220. The van der Waals surface area contributed by atoms with Crippen molar-refractivity contribution < 1.29 is 32.9 Å². The summed E-state index contributed by atoms with van der Waals surface area (Å²) in [7, 11) is 1.57. The van der Waals surface area contributed by atoms with Crippen molar-refractivity contribution in [1.29, 1.82) is 0 Å². The number of nitrogens with one attached hydrogen (secondary N) is 1. The second kappa shape index (κ2) is 51.6. The van der Waals surface area contributed by atoms with Crippen LogP contribution in [0.25, 0.3) is 0 Å². The van der Waals surface area contributed by atoms with Crippen LogP contribution in [0.5, 0.6) is 0 Å². The third-order valence-corrected chi connectivity index (χ3v) is 14.6. The van der Waals surface area contributed by atoms with Crippen LogP contribution in [0.15, 0.2) is 36.5 Å². The van der Waals surface area contributed by atoms with Gasteiger partial charge in [0.15, 0.2) is 0 Å². The van der Waals surface area contributed by atoms with E-state index in [4.69, 9.17) is 9.05 Å². The van der Waals surface area contributed by atoms with Gasteiger partial charge in [-0.1, -0.05) is 269 Å². The molecule has 0 aliphatic carbocycles. The number of hydrogen-bond acceptors (Lipinski definition) is 5. The molecule has 0 aromatic heterocycles. The summed E-state index contributed by atoms with van der Waals surface area (Å²) in [5, 5.41) is 13.9. The van der Waals surface area contributed by atoms with E-state index in [0.717, 1.165) is 64.2 Å². The molecular weight excluding hydrogens is 876 g/mol. The minimum Gasteiger partial charge on any atom is -0.387 e. The number of allylic oxidation sites excluding steroid dienone is 5. The highest BCUT2D eigenvalue weighted by molar-refractivity contribution is 7.47. The number of phosphoric ester groups is 1. The van der Waals surface area contributed by atoms with Crippen LogP contribution in [0.1, 0.15) is 290 Å². The number of likely N-dealkylation sites (N-methyl/N-ethyl adjacent to an activating group) is 1. The van der Waals surface area contributed by atoms with Gasteiger partial charge in [0.1, 0.15) is 13.2 Å². The smallest absolute Gasteiger partial charge is 0.387 e. The third-order valence-electron chi connectivity index (χ3n) is 13.6. The summed E-state index contributed by atoms with van der Waals surface area (Å²) >= 11 is 0. The summed E-state index contributed by atoms with van der Waals surface area (Å²) in [6.07, 6.45) is 67.0. The first-order chi connectivity index (χ1) is 33.5. The SMILES string of the molecule is CCCCC/C=C\C/C=C\CCCCCCCC(=O)NC(COP(=O)(O)OCC[N+](C)(C)C)C(O)/C=C/CCCCCCCCCCCCCCCCCCCCCCCCCCCCCCCC. The van der Waals surface area contributed by atoms with Crippen LogP contribution < -0.4 is 5.32 Å². The maximum Gasteiger partial charge on any atom is 0.472 e. The van der Waals surface area contributed by atoms with Gasteiger partial charge in [0.25, 0.3) is 0 Å². The molecule has 0 aliphatic rings. The van der Waals surface area contributed by atoms with Gasteiger partial charge in [0.2, 0.25) is 5.91 Å². The lowest BCUT2D eigenvalue weighted by Gasteiger charge is -2.25. The van der Waals surface area contributed by atoms with E-state index < -0.39 is 20.0 Å². The molecule has 0 aromatic rings. The van der Waals surface area contributed by atoms with E-state index in [1.54, 1.807) is 6.08 Å². The van der Waals surface area contributed by atoms with Gasteiger partial charge in [-0.25, -0.2) is 4.57 Å². The largest absolute Gasteiger partial charge is 0.472 e. The Morgan fingerprint density at radius 1 is 0.493 bits per heavy atom. The quantitative estimate of drug-likeness (QED) is 0.0243. The maximum atomic E-state index is 12.9. The summed E-state index contributed by atoms with van der Waals surface area (Å²) in [4.78, 5) is 23.2. The monoisotopic (exact) mass is 994 g/mol. The van der Waals surface area contributed by atoms with Crippen molar-refractivity contribution in [2.75, 3.05) is 40.9 Å². The zero-order valence-electron chi connectivity index (χ0n) is 46.6. The van der Waals surface area contributed by atoms with Gasteiger partial charge in [-0.15, -0.1) is 0 Å². The van der Waals surface area contributed by atoms with Crippen LogP contribution in [-0.4, -0.2) is 73.4 Å². The van der Waals surface area contributed by atoms with E-state index in [2.05, 4.69) is 43.5 Å². The molecule has 1 amide bonds. The number of unbranched alkanes of at least 4 members (excludes halogenated alkanes) is 38. The molecule has 408 valence electrons. The van der Waals surface area contributed by atoms with Crippen LogP contribution >= 0.6 is 7.82 Å². The number of carbonyl (C=O) groups is 1. The fraction of sp³-hybridized carbons (Fsp3) is 0.883. The molecule has 0 heterocycles. The molecule has 0 rings (SSSR count). The predicted octanol–water partition coefficient (Wildman–Crippen LogP) is 18.2. The zero-order valence-corrected chi connectivity index (χ0v) is 47.5. The second-order valence-electron chi connectivity index (χ2n) is 21.7. The number of nitrogens with zero attached hydrogens (tertiary/aromatic N) is 1. The summed E-state index contributed by atoms with van der Waals surface area (Å²) in [5.74, 6) is -0.188. The molecule has 0 saturated heterocycles. The molecule has 3 atom stereocenters. The van der Waals surface area contributed by atoms with Gasteiger partial charge in [-0.3, -0.25) is 13.8 Å². The molecular formula is C60H118N2O6P+. The molecule has 3 unspecified atom stereocenters. The molecule has 0 bridgehead atoms. The molecule has 69 heavy (non-hydrogen) atoms. The first-order valence-corrected chi connectivity index (χ1v) is 31.4. The summed E-state index contributed by atoms with van der Waals surface area (Å²) in [5.41, 5.74) is 0. The molecule has 0 saturated carbocycles. The van der Waals surface area contributed by atoms with Crippen molar-refractivity contribution in [2.45, 2.75) is 302 Å². The van der Waals surface area contributed by atoms with Crippen molar-refractivity contribution in [3.63, 3.8) is 0 Å². The fourth-order valence-corrected chi connectivity index (χ4v) is 9.63. The molecule has 3 N–H and O–H groups in total. The minimum atomic E-state index is -4.35. The van der Waals surface area contributed by atoms with Crippen molar-refractivity contribution in [3.05, 3.63) is 36.5 Å². The lowest BCUT2D eigenvalue weighted by molar-refractivity contribution is -0.870. The first-order valence-electron chi connectivity index (χ1n) is 29.9. The zero-order chi connectivity index (χ0) is 50.6. The number of aliphatic hydroxyl groups is 1. The van der Waals surface area contributed by atoms with E-state index >= 15 is 0 Å². The van der Waals surface area contributed by atoms with Crippen molar-refractivity contribution in [1.82, 2.24) is 5.32 Å². The van der Waals surface area contributed by atoms with Gasteiger partial charge in [0, 0.05) is 6.42 Å². The van der Waals surface area contributed by atoms with Gasteiger partial charge in [-0.2, -0.15) is 0 Å². The standard InChI is InChI=1S/C60H117N2O6P/c1-6-8-10-12-14-16-18-20-22-23-24-25-26-27-28-29-30-31-32-33-34-35-36-37-38-40-41-43-45-47-49-51-53-59(63)58(57-68-69(65,66)67-56-55-62(3,4)5)61-60(64)54-52-50-48-46-44-42-39-21-19-17-15-13-11-9-7-2/h15,17,21,39,51,53,58-59,63H,6-14,16,18-20,22-38,40-50,52,54-57H2,1-5H3,(H-,61,64,65,66)/p+1/b17-15-,39-21-,53-51+. The lowest BCUT2D eigenvalue weighted by Crippen LogP contribution is -2.45. The highest BCUT2D eigenvalue weighted by Gasteiger charge is 2.27. The van der Waals surface area contributed by atoms with Crippen LogP contribution in [0, 0.1) is 0 Å². The van der Waals surface area contributed by atoms with Crippen molar-refractivity contribution in [2.24, 2.45) is 0 Å². The summed E-state index contributed by atoms with van der Waals surface area (Å²) in [6, 6.07) is -0.854. The number of rotatable bonds is 55. The normalized spacial score (nSPS) is 14.1. The van der Waals surface area contributed by atoms with Gasteiger partial charge < -0.3 is 19.8 Å². The van der Waals surface area contributed by atoms with Crippen molar-refractivity contribution >= 4 is 13.7 Å². The summed E-state index contributed by atoms with van der Waals surface area (Å²) in [6.45, 7) is 4.81. The molecule has 0 spiro atoms. The number of quaternary nitrogens is 1. The van der Waals surface area contributed by atoms with E-state index in [1.165, 1.54) is 205 Å². The van der Waals surface area contributed by atoms with E-state index in [0.29, 0.717) is 17.4 Å². The maximum absolute atomic E-state index is 12.9. The van der Waals surface area contributed by atoms with E-state index in [9.17, 15) is 19.4 Å². The number of aliphatic hydroxyl groups excluding tert-OH is 1. The van der Waals surface area contributed by atoms with Gasteiger partial charge in [0.05, 0.1) is 39.9 Å². The third kappa shape index (κ3) is 54.3. The number of amides is 1. The Morgan fingerprint density at radius 3 is 1.22 bits per heavy atom. The molecule has 0 fully saturated rings. The van der Waals surface area contributed by atoms with Crippen molar-refractivity contribution in [3.8, 4) is 0 Å². The average Bonchev–Trinajstić information content (AvgIpc) is 3.31. The number of phosphoric acid groups is 1. The van der Waals surface area contributed by atoms with Gasteiger partial charge in [-0.05, 0) is 51.4 Å². The van der Waals surface area contributed by atoms with E-state index in [-0.39, 0.29) is 19.1 Å². The Morgan fingerprint density at radius 2 is 0.826 bits per heavy atom.